The van der Waals surface area contributed by atoms with Gasteiger partial charge in [0.2, 0.25) is 0 Å². The smallest absolute Gasteiger partial charge is 0.121 e. The van der Waals surface area contributed by atoms with Gasteiger partial charge in [0.05, 0.1) is 0 Å². The quantitative estimate of drug-likeness (QED) is 0.584. The summed E-state index contributed by atoms with van der Waals surface area (Å²) in [4.78, 5) is 12.2. The van der Waals surface area contributed by atoms with E-state index in [4.69, 9.17) is 0 Å². The van der Waals surface area contributed by atoms with Crippen molar-refractivity contribution in [1.82, 2.24) is 0 Å². The van der Waals surface area contributed by atoms with Crippen molar-refractivity contribution in [2.45, 2.75) is 17.4 Å². The summed E-state index contributed by atoms with van der Waals surface area (Å²) in [5.74, 6) is 0. The third-order valence-electron chi connectivity index (χ3n) is 2.90. The minimum Gasteiger partial charge on any atom is -0.150 e. The van der Waals surface area contributed by atoms with E-state index in [1.54, 1.807) is 11.8 Å². The SMILES string of the molecule is CSc1ccc(C(Cc2ccccc2)N=O)cc1. The summed E-state index contributed by atoms with van der Waals surface area (Å²) in [6.07, 6.45) is 2.69. The van der Waals surface area contributed by atoms with E-state index in [9.17, 15) is 4.91 Å². The summed E-state index contributed by atoms with van der Waals surface area (Å²) < 4.78 is 0. The van der Waals surface area contributed by atoms with Crippen molar-refractivity contribution < 1.29 is 0 Å². The summed E-state index contributed by atoms with van der Waals surface area (Å²) in [7, 11) is 0. The van der Waals surface area contributed by atoms with Crippen LogP contribution >= 0.6 is 11.8 Å². The minimum absolute atomic E-state index is 0.302. The second-order valence-electron chi connectivity index (χ2n) is 4.08. The average Bonchev–Trinajstić information content (AvgIpc) is 2.46. The lowest BCUT2D eigenvalue weighted by molar-refractivity contribution is 0.717. The van der Waals surface area contributed by atoms with E-state index in [-0.39, 0.29) is 6.04 Å². The van der Waals surface area contributed by atoms with Gasteiger partial charge in [-0.05, 0) is 29.5 Å². The van der Waals surface area contributed by atoms with Crippen molar-refractivity contribution in [2.24, 2.45) is 5.18 Å². The zero-order valence-corrected chi connectivity index (χ0v) is 11.1. The number of hydrogen-bond donors (Lipinski definition) is 0. The van der Waals surface area contributed by atoms with E-state index in [2.05, 4.69) is 5.18 Å². The molecule has 2 aromatic rings. The van der Waals surface area contributed by atoms with Crippen molar-refractivity contribution in [3.63, 3.8) is 0 Å². The molecule has 0 aromatic heterocycles. The van der Waals surface area contributed by atoms with Gasteiger partial charge in [-0.1, -0.05) is 47.6 Å². The molecule has 0 aliphatic rings. The number of nitrogens with zero attached hydrogens (tertiary/aromatic N) is 1. The molecule has 0 radical (unpaired) electrons. The van der Waals surface area contributed by atoms with Crippen LogP contribution in [-0.2, 0) is 6.42 Å². The Morgan fingerprint density at radius 1 is 1.06 bits per heavy atom. The van der Waals surface area contributed by atoms with Crippen LogP contribution in [0.3, 0.4) is 0 Å². The molecule has 0 fully saturated rings. The Bertz CT molecular complexity index is 496. The molecule has 92 valence electrons. The number of hydrogen-bond acceptors (Lipinski definition) is 3. The fourth-order valence-corrected chi connectivity index (χ4v) is 2.29. The first kappa shape index (κ1) is 12.8. The van der Waals surface area contributed by atoms with E-state index in [0.717, 1.165) is 11.1 Å². The third-order valence-corrected chi connectivity index (χ3v) is 3.64. The average molecular weight is 257 g/mol. The Hall–Kier alpha value is -1.61. The molecule has 0 amide bonds. The third kappa shape index (κ3) is 3.20. The second-order valence-corrected chi connectivity index (χ2v) is 4.96. The highest BCUT2D eigenvalue weighted by atomic mass is 32.2. The predicted octanol–water partition coefficient (Wildman–Crippen LogP) is 4.46. The summed E-state index contributed by atoms with van der Waals surface area (Å²) in [6, 6.07) is 17.7. The lowest BCUT2D eigenvalue weighted by Gasteiger charge is -2.10. The zero-order chi connectivity index (χ0) is 12.8. The monoisotopic (exact) mass is 257 g/mol. The van der Waals surface area contributed by atoms with Crippen LogP contribution in [-0.4, -0.2) is 6.26 Å². The number of thioether (sulfide) groups is 1. The zero-order valence-electron chi connectivity index (χ0n) is 10.2. The Morgan fingerprint density at radius 2 is 1.72 bits per heavy atom. The summed E-state index contributed by atoms with van der Waals surface area (Å²) in [5.41, 5.74) is 2.11. The fourth-order valence-electron chi connectivity index (χ4n) is 1.88. The van der Waals surface area contributed by atoms with Crippen LogP contribution < -0.4 is 0 Å². The van der Waals surface area contributed by atoms with Crippen LogP contribution in [0.25, 0.3) is 0 Å². The van der Waals surface area contributed by atoms with Gasteiger partial charge in [0.15, 0.2) is 0 Å². The van der Waals surface area contributed by atoms with Gasteiger partial charge in [0.25, 0.3) is 0 Å². The highest BCUT2D eigenvalue weighted by Crippen LogP contribution is 2.24. The van der Waals surface area contributed by atoms with E-state index >= 15 is 0 Å². The van der Waals surface area contributed by atoms with Crippen LogP contribution in [0.15, 0.2) is 64.7 Å². The van der Waals surface area contributed by atoms with Gasteiger partial charge in [0, 0.05) is 11.3 Å². The molecule has 0 aliphatic heterocycles. The molecule has 0 heterocycles. The van der Waals surface area contributed by atoms with Crippen LogP contribution in [0, 0.1) is 4.91 Å². The van der Waals surface area contributed by atoms with Crippen LogP contribution in [0.5, 0.6) is 0 Å². The Balaban J connectivity index is 2.15. The highest BCUT2D eigenvalue weighted by Gasteiger charge is 2.12. The Morgan fingerprint density at radius 3 is 2.28 bits per heavy atom. The molecule has 0 spiro atoms. The van der Waals surface area contributed by atoms with Crippen molar-refractivity contribution in [1.29, 1.82) is 0 Å². The van der Waals surface area contributed by atoms with Gasteiger partial charge in [0.1, 0.15) is 6.04 Å². The molecule has 18 heavy (non-hydrogen) atoms. The first-order valence-corrected chi connectivity index (χ1v) is 7.06. The second kappa shape index (κ2) is 6.36. The van der Waals surface area contributed by atoms with Gasteiger partial charge >= 0.3 is 0 Å². The first-order valence-electron chi connectivity index (χ1n) is 5.84. The lowest BCUT2D eigenvalue weighted by Crippen LogP contribution is -1.99. The number of nitroso groups, excluding NO2 is 1. The van der Waals surface area contributed by atoms with E-state index in [1.807, 2.05) is 60.9 Å². The van der Waals surface area contributed by atoms with Crippen molar-refractivity contribution in [3.05, 3.63) is 70.6 Å². The molecule has 2 nitrogen and oxygen atoms in total. The number of rotatable bonds is 5. The standard InChI is InChI=1S/C15H15NOS/c1-18-14-9-7-13(8-10-14)15(16-17)11-12-5-3-2-4-6-12/h2-10,15H,11H2,1H3. The maximum absolute atomic E-state index is 11.0. The highest BCUT2D eigenvalue weighted by molar-refractivity contribution is 7.98. The van der Waals surface area contributed by atoms with Crippen molar-refractivity contribution in [2.75, 3.05) is 6.26 Å². The predicted molar refractivity (Wildman–Crippen MR) is 76.9 cm³/mol. The Labute approximate surface area is 111 Å². The van der Waals surface area contributed by atoms with E-state index in [0.29, 0.717) is 6.42 Å². The van der Waals surface area contributed by atoms with Crippen LogP contribution in [0.4, 0.5) is 0 Å². The molecular formula is C15H15NOS. The molecule has 0 bridgehead atoms. The molecule has 1 atom stereocenters. The van der Waals surface area contributed by atoms with Gasteiger partial charge in [-0.25, -0.2) is 0 Å². The molecule has 2 rings (SSSR count). The maximum Gasteiger partial charge on any atom is 0.121 e. The summed E-state index contributed by atoms with van der Waals surface area (Å²) in [6.45, 7) is 0. The minimum atomic E-state index is -0.302. The first-order chi connectivity index (χ1) is 8.83. The molecule has 3 heteroatoms. The molecule has 0 aliphatic carbocycles. The van der Waals surface area contributed by atoms with Gasteiger partial charge in [-0.3, -0.25) is 0 Å². The summed E-state index contributed by atoms with van der Waals surface area (Å²) >= 11 is 1.69. The Kier molecular flexibility index (Phi) is 4.53. The molecular weight excluding hydrogens is 242 g/mol. The summed E-state index contributed by atoms with van der Waals surface area (Å²) in [5, 5.41) is 3.25. The van der Waals surface area contributed by atoms with E-state index < -0.39 is 0 Å². The van der Waals surface area contributed by atoms with Crippen molar-refractivity contribution >= 4 is 11.8 Å². The fraction of sp³-hybridized carbons (Fsp3) is 0.200. The molecule has 0 N–H and O–H groups in total. The molecule has 1 unspecified atom stereocenters. The van der Waals surface area contributed by atoms with Crippen LogP contribution in [0.2, 0.25) is 0 Å². The molecule has 2 aromatic carbocycles. The van der Waals surface area contributed by atoms with Gasteiger partial charge in [-0.15, -0.1) is 11.8 Å². The van der Waals surface area contributed by atoms with Gasteiger partial charge in [-0.2, -0.15) is 4.91 Å². The molecule has 0 saturated carbocycles. The topological polar surface area (TPSA) is 29.4 Å². The van der Waals surface area contributed by atoms with Gasteiger partial charge < -0.3 is 0 Å². The normalized spacial score (nSPS) is 12.1. The van der Waals surface area contributed by atoms with E-state index in [1.165, 1.54) is 4.90 Å². The van der Waals surface area contributed by atoms with Crippen molar-refractivity contribution in [3.8, 4) is 0 Å². The largest absolute Gasteiger partial charge is 0.150 e. The lowest BCUT2D eigenvalue weighted by atomic mass is 10.00. The van der Waals surface area contributed by atoms with Crippen LogP contribution in [0.1, 0.15) is 17.2 Å². The molecule has 0 saturated heterocycles. The number of benzene rings is 2. The maximum atomic E-state index is 11.0.